The maximum Gasteiger partial charge on any atom is 0.181 e. The molecular weight excluding hydrogens is 248 g/mol. The van der Waals surface area contributed by atoms with Gasteiger partial charge in [-0.05, 0) is 12.1 Å². The first-order valence-electron chi connectivity index (χ1n) is 6.49. The Kier molecular flexibility index (Phi) is 3.21. The molecule has 0 spiro atoms. The van der Waals surface area contributed by atoms with Crippen molar-refractivity contribution < 1.29 is 0 Å². The number of aromatic nitrogens is 3. The molecule has 1 N–H and O–H groups in total. The highest BCUT2D eigenvalue weighted by atomic mass is 15.2. The molecule has 1 aromatic heterocycles. The smallest absolute Gasteiger partial charge is 0.181 e. The molecule has 0 amide bonds. The van der Waals surface area contributed by atoms with Crippen LogP contribution in [0.3, 0.4) is 0 Å². The maximum atomic E-state index is 4.57. The van der Waals surface area contributed by atoms with Gasteiger partial charge < -0.3 is 4.90 Å². The Hall–Kier alpha value is -2.62. The van der Waals surface area contributed by atoms with Gasteiger partial charge in [0.1, 0.15) is 0 Å². The van der Waals surface area contributed by atoms with Crippen LogP contribution in [0.15, 0.2) is 54.6 Å². The van der Waals surface area contributed by atoms with E-state index < -0.39 is 0 Å². The molecule has 1 heterocycles. The Labute approximate surface area is 118 Å². The molecule has 20 heavy (non-hydrogen) atoms. The van der Waals surface area contributed by atoms with Crippen molar-refractivity contribution in [2.24, 2.45) is 0 Å². The van der Waals surface area contributed by atoms with Crippen molar-refractivity contribution in [2.75, 3.05) is 19.0 Å². The Morgan fingerprint density at radius 2 is 1.65 bits per heavy atom. The Morgan fingerprint density at radius 3 is 2.40 bits per heavy atom. The van der Waals surface area contributed by atoms with Crippen LogP contribution in [0.25, 0.3) is 22.8 Å². The van der Waals surface area contributed by atoms with Gasteiger partial charge in [-0.2, -0.15) is 5.10 Å². The van der Waals surface area contributed by atoms with Crippen LogP contribution in [0.2, 0.25) is 0 Å². The third-order valence-corrected chi connectivity index (χ3v) is 3.15. The standard InChI is InChI=1S/C16H16N4/c1-20(2)14-10-6-9-13(11-14)16-17-15(18-19-16)12-7-4-3-5-8-12/h3-11H,1-2H3,(H,17,18,19). The number of benzene rings is 2. The van der Waals surface area contributed by atoms with Crippen molar-refractivity contribution >= 4 is 5.69 Å². The fourth-order valence-corrected chi connectivity index (χ4v) is 2.04. The third kappa shape index (κ3) is 2.40. The highest BCUT2D eigenvalue weighted by Crippen LogP contribution is 2.23. The van der Waals surface area contributed by atoms with Crippen molar-refractivity contribution in [1.29, 1.82) is 0 Å². The van der Waals surface area contributed by atoms with Gasteiger partial charge in [0.05, 0.1) is 0 Å². The van der Waals surface area contributed by atoms with Crippen LogP contribution in [0, 0.1) is 0 Å². The third-order valence-electron chi connectivity index (χ3n) is 3.15. The van der Waals surface area contributed by atoms with Gasteiger partial charge in [0.25, 0.3) is 0 Å². The van der Waals surface area contributed by atoms with Crippen LogP contribution in [-0.4, -0.2) is 29.3 Å². The van der Waals surface area contributed by atoms with E-state index in [4.69, 9.17) is 0 Å². The van der Waals surface area contributed by atoms with E-state index >= 15 is 0 Å². The molecule has 0 atom stereocenters. The molecule has 0 aliphatic rings. The number of hydrogen-bond acceptors (Lipinski definition) is 3. The molecule has 0 aliphatic carbocycles. The van der Waals surface area contributed by atoms with Gasteiger partial charge in [0, 0.05) is 30.9 Å². The number of nitrogens with zero attached hydrogens (tertiary/aromatic N) is 3. The largest absolute Gasteiger partial charge is 0.378 e. The molecule has 4 nitrogen and oxygen atoms in total. The predicted octanol–water partition coefficient (Wildman–Crippen LogP) is 3.20. The van der Waals surface area contributed by atoms with E-state index in [1.807, 2.05) is 56.6 Å². The molecule has 0 aliphatic heterocycles. The van der Waals surface area contributed by atoms with Crippen molar-refractivity contribution in [1.82, 2.24) is 15.2 Å². The molecule has 0 bridgehead atoms. The first kappa shape index (κ1) is 12.4. The number of nitrogens with one attached hydrogen (secondary N) is 1. The van der Waals surface area contributed by atoms with Crippen molar-refractivity contribution in [3.8, 4) is 22.8 Å². The van der Waals surface area contributed by atoms with Gasteiger partial charge >= 0.3 is 0 Å². The highest BCUT2D eigenvalue weighted by Gasteiger charge is 2.08. The summed E-state index contributed by atoms with van der Waals surface area (Å²) < 4.78 is 0. The SMILES string of the molecule is CN(C)c1cccc(-c2n[nH]c(-c3ccccc3)n2)c1. The minimum absolute atomic E-state index is 0.715. The number of hydrogen-bond donors (Lipinski definition) is 1. The summed E-state index contributed by atoms with van der Waals surface area (Å²) in [6.45, 7) is 0. The summed E-state index contributed by atoms with van der Waals surface area (Å²) in [6.07, 6.45) is 0. The number of rotatable bonds is 3. The lowest BCUT2D eigenvalue weighted by Gasteiger charge is -2.12. The normalized spacial score (nSPS) is 10.5. The molecule has 0 radical (unpaired) electrons. The second-order valence-corrected chi connectivity index (χ2v) is 4.82. The zero-order valence-electron chi connectivity index (χ0n) is 11.5. The summed E-state index contributed by atoms with van der Waals surface area (Å²) in [6, 6.07) is 18.2. The number of aromatic amines is 1. The van der Waals surface area contributed by atoms with Crippen LogP contribution in [0.1, 0.15) is 0 Å². The first-order chi connectivity index (χ1) is 9.74. The predicted molar refractivity (Wildman–Crippen MR) is 81.6 cm³/mol. The summed E-state index contributed by atoms with van der Waals surface area (Å²) in [7, 11) is 4.04. The van der Waals surface area contributed by atoms with Gasteiger partial charge in [0.2, 0.25) is 0 Å². The second kappa shape index (κ2) is 5.17. The topological polar surface area (TPSA) is 44.8 Å². The van der Waals surface area contributed by atoms with E-state index in [0.717, 1.165) is 22.6 Å². The van der Waals surface area contributed by atoms with E-state index in [-0.39, 0.29) is 0 Å². The Bertz CT molecular complexity index is 701. The lowest BCUT2D eigenvalue weighted by molar-refractivity contribution is 1.10. The average Bonchev–Trinajstić information content (AvgIpc) is 2.98. The first-order valence-corrected chi connectivity index (χ1v) is 6.49. The number of H-pyrrole nitrogens is 1. The van der Waals surface area contributed by atoms with Gasteiger partial charge in [-0.25, -0.2) is 4.98 Å². The van der Waals surface area contributed by atoms with Gasteiger partial charge in [0.15, 0.2) is 11.6 Å². The maximum absolute atomic E-state index is 4.57. The van der Waals surface area contributed by atoms with E-state index in [1.165, 1.54) is 0 Å². The summed E-state index contributed by atoms with van der Waals surface area (Å²) in [5.41, 5.74) is 3.18. The summed E-state index contributed by atoms with van der Waals surface area (Å²) in [4.78, 5) is 6.63. The van der Waals surface area contributed by atoms with Gasteiger partial charge in [-0.3, -0.25) is 5.10 Å². The van der Waals surface area contributed by atoms with Crippen LogP contribution in [-0.2, 0) is 0 Å². The average molecular weight is 264 g/mol. The molecule has 0 saturated carbocycles. The lowest BCUT2D eigenvalue weighted by Crippen LogP contribution is -2.08. The Morgan fingerprint density at radius 1 is 0.900 bits per heavy atom. The van der Waals surface area contributed by atoms with Crippen molar-refractivity contribution in [2.45, 2.75) is 0 Å². The quantitative estimate of drug-likeness (QED) is 0.790. The molecule has 3 rings (SSSR count). The molecular formula is C16H16N4. The van der Waals surface area contributed by atoms with Crippen LogP contribution >= 0.6 is 0 Å². The molecule has 2 aromatic carbocycles. The lowest BCUT2D eigenvalue weighted by atomic mass is 10.2. The summed E-state index contributed by atoms with van der Waals surface area (Å²) >= 11 is 0. The zero-order chi connectivity index (χ0) is 13.9. The fraction of sp³-hybridized carbons (Fsp3) is 0.125. The monoisotopic (exact) mass is 264 g/mol. The van der Waals surface area contributed by atoms with Crippen molar-refractivity contribution in [3.63, 3.8) is 0 Å². The molecule has 0 saturated heterocycles. The van der Waals surface area contributed by atoms with E-state index in [1.54, 1.807) is 0 Å². The van der Waals surface area contributed by atoms with Crippen molar-refractivity contribution in [3.05, 3.63) is 54.6 Å². The number of anilines is 1. The molecule has 0 fully saturated rings. The van der Waals surface area contributed by atoms with Gasteiger partial charge in [-0.1, -0.05) is 42.5 Å². The fourth-order valence-electron chi connectivity index (χ4n) is 2.04. The van der Waals surface area contributed by atoms with E-state index in [9.17, 15) is 0 Å². The minimum atomic E-state index is 0.715. The summed E-state index contributed by atoms with van der Waals surface area (Å²) in [5.74, 6) is 1.50. The second-order valence-electron chi connectivity index (χ2n) is 4.82. The van der Waals surface area contributed by atoms with Crippen LogP contribution in [0.5, 0.6) is 0 Å². The van der Waals surface area contributed by atoms with E-state index in [0.29, 0.717) is 5.82 Å². The molecule has 0 unspecified atom stereocenters. The summed E-state index contributed by atoms with van der Waals surface area (Å²) in [5, 5.41) is 7.30. The molecule has 3 aromatic rings. The zero-order valence-corrected chi connectivity index (χ0v) is 11.5. The van der Waals surface area contributed by atoms with Crippen LogP contribution in [0.4, 0.5) is 5.69 Å². The molecule has 100 valence electrons. The van der Waals surface area contributed by atoms with Gasteiger partial charge in [-0.15, -0.1) is 0 Å². The van der Waals surface area contributed by atoms with Crippen LogP contribution < -0.4 is 4.90 Å². The Balaban J connectivity index is 1.96. The molecule has 4 heteroatoms. The van der Waals surface area contributed by atoms with E-state index in [2.05, 4.69) is 32.2 Å². The highest BCUT2D eigenvalue weighted by molar-refractivity contribution is 5.65. The minimum Gasteiger partial charge on any atom is -0.378 e.